The van der Waals surface area contributed by atoms with Crippen molar-refractivity contribution < 1.29 is 4.79 Å². The van der Waals surface area contributed by atoms with Crippen LogP contribution in [0.4, 0.5) is 5.69 Å². The van der Waals surface area contributed by atoms with Crippen LogP contribution in [0.3, 0.4) is 0 Å². The normalized spacial score (nSPS) is 20.1. The lowest BCUT2D eigenvalue weighted by molar-refractivity contribution is 0.102. The number of hydrogen-bond acceptors (Lipinski definition) is 3. The lowest BCUT2D eigenvalue weighted by Gasteiger charge is -2.12. The molecule has 4 heteroatoms. The summed E-state index contributed by atoms with van der Waals surface area (Å²) in [6.07, 6.45) is 1.03. The summed E-state index contributed by atoms with van der Waals surface area (Å²) in [5.41, 5.74) is 15.2. The Morgan fingerprint density at radius 3 is 2.52 bits per heavy atom. The minimum Gasteiger partial charge on any atom is -0.327 e. The van der Waals surface area contributed by atoms with Crippen molar-refractivity contribution >= 4 is 11.6 Å². The predicted octanol–water partition coefficient (Wildman–Crippen LogP) is 2.21. The van der Waals surface area contributed by atoms with Crippen molar-refractivity contribution in [2.75, 3.05) is 5.32 Å². The second kappa shape index (κ2) is 5.68. The van der Waals surface area contributed by atoms with Crippen molar-refractivity contribution in [1.29, 1.82) is 0 Å². The molecule has 108 valence electrons. The van der Waals surface area contributed by atoms with E-state index >= 15 is 0 Å². The van der Waals surface area contributed by atoms with Gasteiger partial charge in [0.05, 0.1) is 0 Å². The van der Waals surface area contributed by atoms with Crippen LogP contribution in [0.5, 0.6) is 0 Å². The lowest BCUT2D eigenvalue weighted by atomic mass is 10.0. The van der Waals surface area contributed by atoms with Crippen LogP contribution < -0.4 is 16.8 Å². The molecule has 0 spiro atoms. The fourth-order valence-corrected chi connectivity index (χ4v) is 2.52. The number of carbonyl (C=O) groups is 1. The number of nitrogens with two attached hydrogens (primary N) is 2. The van der Waals surface area contributed by atoms with Crippen LogP contribution >= 0.6 is 0 Å². The molecule has 1 aliphatic rings. The molecule has 1 amide bonds. The van der Waals surface area contributed by atoms with Crippen LogP contribution in [0.25, 0.3) is 0 Å². The maximum Gasteiger partial charge on any atom is 0.255 e. The molecule has 2 aromatic rings. The summed E-state index contributed by atoms with van der Waals surface area (Å²) in [7, 11) is 0. The van der Waals surface area contributed by atoms with Gasteiger partial charge < -0.3 is 16.8 Å². The SMILES string of the molecule is NCc1cc([C@@H]2C[C@H]2N)ccc1NC(=O)c1ccccc1. The molecule has 2 aromatic carbocycles. The third-order valence-electron chi connectivity index (χ3n) is 3.90. The number of amides is 1. The molecule has 5 N–H and O–H groups in total. The molecule has 0 radical (unpaired) electrons. The zero-order chi connectivity index (χ0) is 14.8. The van der Waals surface area contributed by atoms with Gasteiger partial charge in [-0.1, -0.05) is 30.3 Å². The maximum atomic E-state index is 12.2. The Morgan fingerprint density at radius 2 is 1.90 bits per heavy atom. The minimum atomic E-state index is -0.124. The van der Waals surface area contributed by atoms with Gasteiger partial charge in [-0.2, -0.15) is 0 Å². The molecule has 21 heavy (non-hydrogen) atoms. The first-order chi connectivity index (χ1) is 10.2. The van der Waals surface area contributed by atoms with E-state index in [0.29, 0.717) is 18.0 Å². The molecule has 0 bridgehead atoms. The molecule has 0 aromatic heterocycles. The minimum absolute atomic E-state index is 0.124. The first-order valence-electron chi connectivity index (χ1n) is 7.14. The number of nitrogens with one attached hydrogen (secondary N) is 1. The van der Waals surface area contributed by atoms with Gasteiger partial charge in [0.1, 0.15) is 0 Å². The first kappa shape index (κ1) is 13.8. The summed E-state index contributed by atoms with van der Waals surface area (Å²) in [5, 5.41) is 2.93. The molecule has 3 rings (SSSR count). The third kappa shape index (κ3) is 2.96. The summed E-state index contributed by atoms with van der Waals surface area (Å²) < 4.78 is 0. The van der Waals surface area contributed by atoms with Gasteiger partial charge in [-0.05, 0) is 35.7 Å². The fourth-order valence-electron chi connectivity index (χ4n) is 2.52. The zero-order valence-electron chi connectivity index (χ0n) is 11.8. The largest absolute Gasteiger partial charge is 0.327 e. The Labute approximate surface area is 124 Å². The lowest BCUT2D eigenvalue weighted by Crippen LogP contribution is -2.14. The van der Waals surface area contributed by atoms with Crippen LogP contribution in [0, 0.1) is 0 Å². The molecular weight excluding hydrogens is 262 g/mol. The highest BCUT2D eigenvalue weighted by atomic mass is 16.1. The van der Waals surface area contributed by atoms with E-state index in [2.05, 4.69) is 11.4 Å². The number of hydrogen-bond donors (Lipinski definition) is 3. The van der Waals surface area contributed by atoms with Crippen LogP contribution in [0.15, 0.2) is 48.5 Å². The van der Waals surface area contributed by atoms with Crippen molar-refractivity contribution in [2.45, 2.75) is 24.9 Å². The summed E-state index contributed by atoms with van der Waals surface area (Å²) >= 11 is 0. The molecule has 0 saturated heterocycles. The highest BCUT2D eigenvalue weighted by Gasteiger charge is 2.34. The second-order valence-corrected chi connectivity index (χ2v) is 5.45. The number of rotatable bonds is 4. The Hall–Kier alpha value is -2.17. The van der Waals surface area contributed by atoms with Gasteiger partial charge in [-0.15, -0.1) is 0 Å². The maximum absolute atomic E-state index is 12.2. The number of carbonyl (C=O) groups excluding carboxylic acids is 1. The molecule has 1 saturated carbocycles. The first-order valence-corrected chi connectivity index (χ1v) is 7.14. The van der Waals surface area contributed by atoms with E-state index in [1.165, 1.54) is 5.56 Å². The molecular formula is C17H19N3O. The number of benzene rings is 2. The predicted molar refractivity (Wildman–Crippen MR) is 84.1 cm³/mol. The van der Waals surface area contributed by atoms with Gasteiger partial charge in [0.25, 0.3) is 5.91 Å². The van der Waals surface area contributed by atoms with Crippen molar-refractivity contribution in [2.24, 2.45) is 11.5 Å². The van der Waals surface area contributed by atoms with Gasteiger partial charge >= 0.3 is 0 Å². The van der Waals surface area contributed by atoms with E-state index in [4.69, 9.17) is 11.5 Å². The van der Waals surface area contributed by atoms with Crippen molar-refractivity contribution in [1.82, 2.24) is 0 Å². The monoisotopic (exact) mass is 281 g/mol. The summed E-state index contributed by atoms with van der Waals surface area (Å²) in [6.45, 7) is 0.389. The van der Waals surface area contributed by atoms with Crippen molar-refractivity contribution in [3.05, 3.63) is 65.2 Å². The molecule has 2 atom stereocenters. The fraction of sp³-hybridized carbons (Fsp3) is 0.235. The third-order valence-corrected chi connectivity index (χ3v) is 3.90. The molecule has 1 fully saturated rings. The van der Waals surface area contributed by atoms with E-state index in [9.17, 15) is 4.79 Å². The average Bonchev–Trinajstić information content (AvgIpc) is 3.25. The summed E-state index contributed by atoms with van der Waals surface area (Å²) in [5.74, 6) is 0.315. The Kier molecular flexibility index (Phi) is 3.73. The van der Waals surface area contributed by atoms with Crippen LogP contribution in [-0.4, -0.2) is 11.9 Å². The highest BCUT2D eigenvalue weighted by molar-refractivity contribution is 6.04. The van der Waals surface area contributed by atoms with E-state index in [1.807, 2.05) is 30.3 Å². The van der Waals surface area contributed by atoms with Gasteiger partial charge in [-0.25, -0.2) is 0 Å². The molecule has 0 aliphatic heterocycles. The molecule has 0 unspecified atom stereocenters. The number of anilines is 1. The van der Waals surface area contributed by atoms with Gasteiger partial charge in [0, 0.05) is 29.8 Å². The van der Waals surface area contributed by atoms with Gasteiger partial charge in [-0.3, -0.25) is 4.79 Å². The highest BCUT2D eigenvalue weighted by Crippen LogP contribution is 2.40. The molecule has 0 heterocycles. The Balaban J connectivity index is 1.80. The van der Waals surface area contributed by atoms with Crippen LogP contribution in [0.1, 0.15) is 33.8 Å². The molecule has 4 nitrogen and oxygen atoms in total. The van der Waals surface area contributed by atoms with E-state index in [0.717, 1.165) is 17.7 Å². The molecule has 1 aliphatic carbocycles. The van der Waals surface area contributed by atoms with E-state index < -0.39 is 0 Å². The average molecular weight is 281 g/mol. The second-order valence-electron chi connectivity index (χ2n) is 5.45. The smallest absolute Gasteiger partial charge is 0.255 e. The Bertz CT molecular complexity index is 654. The quantitative estimate of drug-likeness (QED) is 0.803. The van der Waals surface area contributed by atoms with Crippen molar-refractivity contribution in [3.63, 3.8) is 0 Å². The van der Waals surface area contributed by atoms with Crippen LogP contribution in [0.2, 0.25) is 0 Å². The van der Waals surface area contributed by atoms with Crippen molar-refractivity contribution in [3.8, 4) is 0 Å². The van der Waals surface area contributed by atoms with Gasteiger partial charge in [0.15, 0.2) is 0 Å². The van der Waals surface area contributed by atoms with Gasteiger partial charge in [0.2, 0.25) is 0 Å². The topological polar surface area (TPSA) is 81.1 Å². The standard InChI is InChI=1S/C17H19N3O/c18-10-13-8-12(14-9-15(14)19)6-7-16(13)20-17(21)11-4-2-1-3-5-11/h1-8,14-15H,9-10,18-19H2,(H,20,21)/t14-,15+/m0/s1. The van der Waals surface area contributed by atoms with E-state index in [1.54, 1.807) is 12.1 Å². The summed E-state index contributed by atoms with van der Waals surface area (Å²) in [6, 6.07) is 15.4. The van der Waals surface area contributed by atoms with E-state index in [-0.39, 0.29) is 11.9 Å². The summed E-state index contributed by atoms with van der Waals surface area (Å²) in [4.78, 5) is 12.2. The Morgan fingerprint density at radius 1 is 1.19 bits per heavy atom. The zero-order valence-corrected chi connectivity index (χ0v) is 11.8. The van der Waals surface area contributed by atoms with Crippen LogP contribution in [-0.2, 0) is 6.54 Å².